The fraction of sp³-hybridized carbons (Fsp3) is 0.389. The first kappa shape index (κ1) is 18.6. The molecule has 0 bridgehead atoms. The third-order valence-corrected chi connectivity index (χ3v) is 7.17. The summed E-state index contributed by atoms with van der Waals surface area (Å²) in [6.45, 7) is 3.66. The summed E-state index contributed by atoms with van der Waals surface area (Å²) in [4.78, 5) is 12.9. The van der Waals surface area contributed by atoms with Crippen molar-refractivity contribution in [1.82, 2.24) is 19.7 Å². The van der Waals surface area contributed by atoms with Gasteiger partial charge in [-0.25, -0.2) is 8.42 Å². The lowest BCUT2D eigenvalue weighted by Crippen LogP contribution is -2.43. The van der Waals surface area contributed by atoms with Crippen LogP contribution in [-0.2, 0) is 14.8 Å². The molecule has 1 aromatic carbocycles. The molecule has 1 fully saturated rings. The van der Waals surface area contributed by atoms with Gasteiger partial charge in [-0.1, -0.05) is 17.3 Å². The normalized spacial score (nSPS) is 18.4. The summed E-state index contributed by atoms with van der Waals surface area (Å²) >= 11 is 0. The molecule has 1 atom stereocenters. The van der Waals surface area contributed by atoms with Crippen LogP contribution in [0.25, 0.3) is 10.9 Å². The molecule has 2 N–H and O–H groups in total. The summed E-state index contributed by atoms with van der Waals surface area (Å²) in [5.74, 6) is -0.391. The van der Waals surface area contributed by atoms with E-state index in [0.29, 0.717) is 30.8 Å². The van der Waals surface area contributed by atoms with Crippen molar-refractivity contribution in [1.29, 1.82) is 0 Å². The molecule has 2 aromatic heterocycles. The van der Waals surface area contributed by atoms with Crippen LogP contribution in [0.15, 0.2) is 33.8 Å². The van der Waals surface area contributed by atoms with Crippen molar-refractivity contribution in [2.45, 2.75) is 31.6 Å². The Morgan fingerprint density at radius 1 is 1.36 bits per heavy atom. The van der Waals surface area contributed by atoms with Gasteiger partial charge in [0.15, 0.2) is 5.76 Å². The average molecular weight is 403 g/mol. The SMILES string of the molecule is Cc1noc(C)c1S(=O)(=O)N1CCCC(C(=O)Nc2cccc3cn[nH]c23)C1. The predicted molar refractivity (Wildman–Crippen MR) is 102 cm³/mol. The van der Waals surface area contributed by atoms with Crippen LogP contribution in [0.3, 0.4) is 0 Å². The number of aromatic nitrogens is 3. The highest BCUT2D eigenvalue weighted by Gasteiger charge is 2.36. The molecule has 1 unspecified atom stereocenters. The van der Waals surface area contributed by atoms with Crippen molar-refractivity contribution in [3.05, 3.63) is 35.9 Å². The van der Waals surface area contributed by atoms with E-state index in [-0.39, 0.29) is 23.1 Å². The smallest absolute Gasteiger partial charge is 0.248 e. The molecule has 9 nitrogen and oxygen atoms in total. The lowest BCUT2D eigenvalue weighted by Gasteiger charge is -2.31. The second-order valence-electron chi connectivity index (χ2n) is 6.98. The van der Waals surface area contributed by atoms with Crippen LogP contribution in [0.4, 0.5) is 5.69 Å². The Morgan fingerprint density at radius 3 is 2.93 bits per heavy atom. The number of aryl methyl sites for hydroxylation is 2. The number of hydrogen-bond donors (Lipinski definition) is 2. The van der Waals surface area contributed by atoms with Gasteiger partial charge in [0.25, 0.3) is 0 Å². The average Bonchev–Trinajstić information content (AvgIpc) is 3.29. The van der Waals surface area contributed by atoms with Gasteiger partial charge in [0.1, 0.15) is 10.6 Å². The van der Waals surface area contributed by atoms with Crippen molar-refractivity contribution in [2.24, 2.45) is 5.92 Å². The minimum Gasteiger partial charge on any atom is -0.360 e. The molecule has 4 rings (SSSR count). The highest BCUT2D eigenvalue weighted by Crippen LogP contribution is 2.29. The first-order chi connectivity index (χ1) is 13.4. The number of rotatable bonds is 4. The molecule has 1 saturated heterocycles. The number of aromatic amines is 1. The first-order valence-electron chi connectivity index (χ1n) is 9.04. The van der Waals surface area contributed by atoms with E-state index in [0.717, 1.165) is 10.9 Å². The molecule has 3 heterocycles. The number of anilines is 1. The monoisotopic (exact) mass is 403 g/mol. The van der Waals surface area contributed by atoms with Crippen molar-refractivity contribution < 1.29 is 17.7 Å². The van der Waals surface area contributed by atoms with E-state index in [2.05, 4.69) is 20.7 Å². The summed E-state index contributed by atoms with van der Waals surface area (Å²) in [5.41, 5.74) is 1.70. The number of sulfonamides is 1. The highest BCUT2D eigenvalue weighted by atomic mass is 32.2. The second-order valence-corrected chi connectivity index (χ2v) is 8.86. The molecule has 28 heavy (non-hydrogen) atoms. The fourth-order valence-electron chi connectivity index (χ4n) is 3.65. The second kappa shape index (κ2) is 7.02. The lowest BCUT2D eigenvalue weighted by molar-refractivity contribution is -0.120. The van der Waals surface area contributed by atoms with Crippen LogP contribution in [0.2, 0.25) is 0 Å². The van der Waals surface area contributed by atoms with E-state index in [1.165, 1.54) is 4.31 Å². The number of benzene rings is 1. The van der Waals surface area contributed by atoms with Crippen LogP contribution in [0.5, 0.6) is 0 Å². The topological polar surface area (TPSA) is 121 Å². The van der Waals surface area contributed by atoms with Crippen LogP contribution in [0.1, 0.15) is 24.3 Å². The first-order valence-corrected chi connectivity index (χ1v) is 10.5. The van der Waals surface area contributed by atoms with Gasteiger partial charge < -0.3 is 9.84 Å². The molecule has 1 amide bonds. The van der Waals surface area contributed by atoms with Gasteiger partial charge in [-0.15, -0.1) is 0 Å². The van der Waals surface area contributed by atoms with E-state index in [4.69, 9.17) is 4.52 Å². The van der Waals surface area contributed by atoms with E-state index in [9.17, 15) is 13.2 Å². The van der Waals surface area contributed by atoms with E-state index in [1.807, 2.05) is 12.1 Å². The third kappa shape index (κ3) is 3.18. The summed E-state index contributed by atoms with van der Waals surface area (Å²) in [7, 11) is -3.76. The molecule has 0 aliphatic carbocycles. The third-order valence-electron chi connectivity index (χ3n) is 5.06. The Morgan fingerprint density at radius 2 is 2.18 bits per heavy atom. The zero-order chi connectivity index (χ0) is 19.9. The Kier molecular flexibility index (Phi) is 4.68. The van der Waals surface area contributed by atoms with Gasteiger partial charge in [-0.3, -0.25) is 9.89 Å². The van der Waals surface area contributed by atoms with Gasteiger partial charge in [-0.2, -0.15) is 9.40 Å². The molecule has 3 aromatic rings. The number of nitrogens with one attached hydrogen (secondary N) is 2. The Hall–Kier alpha value is -2.72. The van der Waals surface area contributed by atoms with Gasteiger partial charge in [0, 0.05) is 18.5 Å². The lowest BCUT2D eigenvalue weighted by atomic mass is 9.98. The number of hydrogen-bond acceptors (Lipinski definition) is 6. The standard InChI is InChI=1S/C18H21N5O4S/c1-11-17(12(2)27-22-11)28(25,26)23-8-4-6-14(10-23)18(24)20-15-7-3-5-13-9-19-21-16(13)15/h3,5,7,9,14H,4,6,8,10H2,1-2H3,(H,19,21)(H,20,24). The number of carbonyl (C=O) groups excluding carboxylic acids is 1. The quantitative estimate of drug-likeness (QED) is 0.689. The van der Waals surface area contributed by atoms with E-state index >= 15 is 0 Å². The minimum absolute atomic E-state index is 0.0933. The maximum absolute atomic E-state index is 13.0. The molecule has 10 heteroatoms. The Balaban J connectivity index is 1.54. The van der Waals surface area contributed by atoms with Crippen molar-refractivity contribution in [2.75, 3.05) is 18.4 Å². The molecule has 0 radical (unpaired) electrons. The van der Waals surface area contributed by atoms with Crippen LogP contribution in [0, 0.1) is 19.8 Å². The van der Waals surface area contributed by atoms with Crippen LogP contribution >= 0.6 is 0 Å². The largest absolute Gasteiger partial charge is 0.360 e. The minimum atomic E-state index is -3.76. The van der Waals surface area contributed by atoms with Crippen molar-refractivity contribution in [3.63, 3.8) is 0 Å². The highest BCUT2D eigenvalue weighted by molar-refractivity contribution is 7.89. The number of amides is 1. The number of piperidine rings is 1. The number of nitrogens with zero attached hydrogens (tertiary/aromatic N) is 3. The van der Waals surface area contributed by atoms with Gasteiger partial charge in [0.2, 0.25) is 15.9 Å². The zero-order valence-corrected chi connectivity index (χ0v) is 16.4. The number of carbonyl (C=O) groups is 1. The van der Waals surface area contributed by atoms with Gasteiger partial charge >= 0.3 is 0 Å². The molecule has 1 aliphatic heterocycles. The maximum Gasteiger partial charge on any atom is 0.248 e. The van der Waals surface area contributed by atoms with Gasteiger partial charge in [0.05, 0.1) is 23.3 Å². The molecule has 0 saturated carbocycles. The van der Waals surface area contributed by atoms with E-state index < -0.39 is 15.9 Å². The molecule has 1 aliphatic rings. The summed E-state index contributed by atoms with van der Waals surface area (Å²) in [6, 6.07) is 5.52. The number of H-pyrrole nitrogens is 1. The molecular formula is C18H21N5O4S. The Bertz CT molecular complexity index is 1110. The Labute approximate surface area is 162 Å². The summed E-state index contributed by atoms with van der Waals surface area (Å²) < 4.78 is 32.4. The molecular weight excluding hydrogens is 382 g/mol. The van der Waals surface area contributed by atoms with Crippen molar-refractivity contribution in [3.8, 4) is 0 Å². The number of fused-ring (bicyclic) bond motifs is 1. The summed E-state index contributed by atoms with van der Waals surface area (Å²) in [5, 5.41) is 14.4. The number of para-hydroxylation sites is 1. The van der Waals surface area contributed by atoms with Crippen LogP contribution < -0.4 is 5.32 Å². The summed E-state index contributed by atoms with van der Waals surface area (Å²) in [6.07, 6.45) is 2.91. The fourth-order valence-corrected chi connectivity index (χ4v) is 5.47. The zero-order valence-electron chi connectivity index (χ0n) is 15.6. The van der Waals surface area contributed by atoms with Crippen LogP contribution in [-0.4, -0.2) is 47.1 Å². The van der Waals surface area contributed by atoms with Crippen molar-refractivity contribution >= 4 is 32.5 Å². The van der Waals surface area contributed by atoms with E-state index in [1.54, 1.807) is 26.1 Å². The predicted octanol–water partition coefficient (Wildman–Crippen LogP) is 2.21. The molecule has 0 spiro atoms. The maximum atomic E-state index is 13.0. The molecule has 148 valence electrons. The van der Waals surface area contributed by atoms with Gasteiger partial charge in [-0.05, 0) is 32.8 Å².